The second-order valence-corrected chi connectivity index (χ2v) is 4.21. The molecule has 0 aliphatic heterocycles. The molecule has 0 fully saturated rings. The second-order valence-electron chi connectivity index (χ2n) is 4.21. The number of aromatic nitrogens is 4. The van der Waals surface area contributed by atoms with Crippen molar-refractivity contribution >= 4 is 11.9 Å². The van der Waals surface area contributed by atoms with Crippen molar-refractivity contribution < 1.29 is 4.79 Å². The van der Waals surface area contributed by atoms with E-state index in [4.69, 9.17) is 0 Å². The number of amides is 1. The van der Waals surface area contributed by atoms with E-state index in [0.29, 0.717) is 12.1 Å². The van der Waals surface area contributed by atoms with E-state index in [2.05, 4.69) is 27.7 Å². The molecule has 100 valence electrons. The van der Waals surface area contributed by atoms with Crippen molar-refractivity contribution in [1.29, 1.82) is 0 Å². The molecule has 6 heteroatoms. The number of tetrazole rings is 1. The average Bonchev–Trinajstić information content (AvgIpc) is 2.86. The van der Waals surface area contributed by atoms with E-state index in [-0.39, 0.29) is 11.9 Å². The topological polar surface area (TPSA) is 72.7 Å². The molecule has 0 aliphatic rings. The van der Waals surface area contributed by atoms with Crippen LogP contribution in [0, 0.1) is 0 Å². The van der Waals surface area contributed by atoms with Gasteiger partial charge in [-0.1, -0.05) is 31.1 Å². The summed E-state index contributed by atoms with van der Waals surface area (Å²) in [7, 11) is 0. The highest BCUT2D eigenvalue weighted by Crippen LogP contribution is 2.07. The molecule has 1 N–H and O–H groups in total. The van der Waals surface area contributed by atoms with Gasteiger partial charge in [-0.25, -0.2) is 0 Å². The first kappa shape index (κ1) is 13.2. The first-order valence-corrected chi connectivity index (χ1v) is 6.41. The lowest BCUT2D eigenvalue weighted by molar-refractivity contribution is 0.102. The van der Waals surface area contributed by atoms with Crippen molar-refractivity contribution in [2.75, 3.05) is 5.32 Å². The van der Waals surface area contributed by atoms with Crippen LogP contribution in [0.4, 0.5) is 5.95 Å². The highest BCUT2D eigenvalue weighted by Gasteiger charge is 2.09. The lowest BCUT2D eigenvalue weighted by Gasteiger charge is -2.01. The summed E-state index contributed by atoms with van der Waals surface area (Å²) < 4.78 is 0. The molecule has 0 unspecified atom stereocenters. The molecule has 1 heterocycles. The predicted molar refractivity (Wildman–Crippen MR) is 71.9 cm³/mol. The summed E-state index contributed by atoms with van der Waals surface area (Å²) in [5.41, 5.74) is 1.78. The van der Waals surface area contributed by atoms with Gasteiger partial charge in [-0.3, -0.25) is 10.1 Å². The Bertz CT molecular complexity index is 546. The summed E-state index contributed by atoms with van der Waals surface area (Å²) in [5, 5.41) is 14.3. The fourth-order valence-corrected chi connectivity index (χ4v) is 1.65. The SMILES string of the molecule is CCCn1nnc(NC(=O)c2ccc(CC)cc2)n1. The van der Waals surface area contributed by atoms with Crippen LogP contribution in [-0.4, -0.2) is 26.1 Å². The second kappa shape index (κ2) is 6.08. The van der Waals surface area contributed by atoms with Crippen LogP contribution in [0.2, 0.25) is 0 Å². The molecule has 0 spiro atoms. The molecule has 19 heavy (non-hydrogen) atoms. The number of rotatable bonds is 5. The lowest BCUT2D eigenvalue weighted by atomic mass is 10.1. The predicted octanol–water partition coefficient (Wildman–Crippen LogP) is 1.90. The summed E-state index contributed by atoms with van der Waals surface area (Å²) in [6.45, 7) is 4.79. The van der Waals surface area contributed by atoms with Crippen LogP contribution in [0.15, 0.2) is 24.3 Å². The molecule has 1 aromatic carbocycles. The van der Waals surface area contributed by atoms with Gasteiger partial charge < -0.3 is 0 Å². The van der Waals surface area contributed by atoms with Crippen molar-refractivity contribution in [2.24, 2.45) is 0 Å². The van der Waals surface area contributed by atoms with Crippen LogP contribution < -0.4 is 5.32 Å². The Morgan fingerprint density at radius 2 is 2.00 bits per heavy atom. The van der Waals surface area contributed by atoms with E-state index < -0.39 is 0 Å². The molecule has 2 aromatic rings. The summed E-state index contributed by atoms with van der Waals surface area (Å²) >= 11 is 0. The molecule has 0 aliphatic carbocycles. The van der Waals surface area contributed by atoms with Crippen LogP contribution in [0.3, 0.4) is 0 Å². The Kier molecular flexibility index (Phi) is 4.22. The Morgan fingerprint density at radius 3 is 2.63 bits per heavy atom. The fraction of sp³-hybridized carbons (Fsp3) is 0.385. The Labute approximate surface area is 111 Å². The number of aryl methyl sites for hydroxylation is 2. The van der Waals surface area contributed by atoms with E-state index in [0.717, 1.165) is 12.8 Å². The number of anilines is 1. The summed E-state index contributed by atoms with van der Waals surface area (Å²) in [6.07, 6.45) is 1.87. The monoisotopic (exact) mass is 259 g/mol. The maximum absolute atomic E-state index is 12.0. The zero-order valence-electron chi connectivity index (χ0n) is 11.1. The molecular formula is C13H17N5O. The standard InChI is InChI=1S/C13H17N5O/c1-3-9-18-16-13(15-17-18)14-12(19)11-7-5-10(4-2)6-8-11/h5-8H,3-4,9H2,1-2H3,(H,14,16,19). The van der Waals surface area contributed by atoms with E-state index in [1.165, 1.54) is 10.4 Å². The molecule has 0 saturated heterocycles. The van der Waals surface area contributed by atoms with Gasteiger partial charge in [0.05, 0.1) is 6.54 Å². The highest BCUT2D eigenvalue weighted by atomic mass is 16.1. The number of nitrogens with one attached hydrogen (secondary N) is 1. The van der Waals surface area contributed by atoms with Gasteiger partial charge in [-0.2, -0.15) is 4.80 Å². The molecule has 0 saturated carbocycles. The van der Waals surface area contributed by atoms with Crippen LogP contribution in [0.5, 0.6) is 0 Å². The minimum absolute atomic E-state index is 0.223. The average molecular weight is 259 g/mol. The molecule has 0 atom stereocenters. The zero-order chi connectivity index (χ0) is 13.7. The number of hydrogen-bond donors (Lipinski definition) is 1. The van der Waals surface area contributed by atoms with Gasteiger partial charge in [0.15, 0.2) is 0 Å². The number of carbonyl (C=O) groups is 1. The van der Waals surface area contributed by atoms with E-state index in [1.54, 1.807) is 12.1 Å². The maximum Gasteiger partial charge on any atom is 0.270 e. The van der Waals surface area contributed by atoms with Crippen LogP contribution >= 0.6 is 0 Å². The third-order valence-electron chi connectivity index (χ3n) is 2.73. The Hall–Kier alpha value is -2.24. The fourth-order valence-electron chi connectivity index (χ4n) is 1.65. The first-order chi connectivity index (χ1) is 9.22. The van der Waals surface area contributed by atoms with E-state index in [1.807, 2.05) is 19.1 Å². The number of hydrogen-bond acceptors (Lipinski definition) is 4. The van der Waals surface area contributed by atoms with Gasteiger partial charge in [-0.15, -0.1) is 5.10 Å². The maximum atomic E-state index is 12.0. The van der Waals surface area contributed by atoms with Crippen molar-refractivity contribution in [3.8, 4) is 0 Å². The normalized spacial score (nSPS) is 10.4. The van der Waals surface area contributed by atoms with Crippen LogP contribution in [0.25, 0.3) is 0 Å². The Morgan fingerprint density at radius 1 is 1.26 bits per heavy atom. The van der Waals surface area contributed by atoms with Crippen molar-refractivity contribution in [1.82, 2.24) is 20.2 Å². The third kappa shape index (κ3) is 3.37. The summed E-state index contributed by atoms with van der Waals surface area (Å²) in [4.78, 5) is 13.4. The molecule has 1 aromatic heterocycles. The van der Waals surface area contributed by atoms with Gasteiger partial charge in [0.2, 0.25) is 0 Å². The number of nitrogens with zero attached hydrogens (tertiary/aromatic N) is 4. The van der Waals surface area contributed by atoms with Crippen molar-refractivity contribution in [3.05, 3.63) is 35.4 Å². The number of carbonyl (C=O) groups excluding carboxylic acids is 1. The van der Waals surface area contributed by atoms with Gasteiger partial charge in [-0.05, 0) is 35.8 Å². The van der Waals surface area contributed by atoms with Crippen LogP contribution in [-0.2, 0) is 13.0 Å². The van der Waals surface area contributed by atoms with E-state index >= 15 is 0 Å². The molecule has 2 rings (SSSR count). The highest BCUT2D eigenvalue weighted by molar-refractivity contribution is 6.03. The van der Waals surface area contributed by atoms with Gasteiger partial charge in [0.25, 0.3) is 11.9 Å². The van der Waals surface area contributed by atoms with Gasteiger partial charge >= 0.3 is 0 Å². The molecular weight excluding hydrogens is 242 g/mol. The number of benzene rings is 1. The molecule has 1 amide bonds. The summed E-state index contributed by atoms with van der Waals surface area (Å²) in [5.74, 6) is 0.0109. The quantitative estimate of drug-likeness (QED) is 0.890. The third-order valence-corrected chi connectivity index (χ3v) is 2.73. The van der Waals surface area contributed by atoms with E-state index in [9.17, 15) is 4.79 Å². The zero-order valence-corrected chi connectivity index (χ0v) is 11.1. The molecule has 6 nitrogen and oxygen atoms in total. The smallest absolute Gasteiger partial charge is 0.270 e. The minimum Gasteiger partial charge on any atom is -0.288 e. The summed E-state index contributed by atoms with van der Waals surface area (Å²) in [6, 6.07) is 7.47. The van der Waals surface area contributed by atoms with Gasteiger partial charge in [0.1, 0.15) is 0 Å². The minimum atomic E-state index is -0.223. The van der Waals surface area contributed by atoms with Crippen molar-refractivity contribution in [3.63, 3.8) is 0 Å². The molecule has 0 radical (unpaired) electrons. The lowest BCUT2D eigenvalue weighted by Crippen LogP contribution is -2.13. The largest absolute Gasteiger partial charge is 0.288 e. The van der Waals surface area contributed by atoms with Crippen LogP contribution in [0.1, 0.15) is 36.2 Å². The first-order valence-electron chi connectivity index (χ1n) is 6.41. The molecule has 0 bridgehead atoms. The van der Waals surface area contributed by atoms with Gasteiger partial charge in [0, 0.05) is 5.56 Å². The van der Waals surface area contributed by atoms with Crippen molar-refractivity contribution in [2.45, 2.75) is 33.2 Å². The Balaban J connectivity index is 2.02.